The molecule has 116 valence electrons. The van der Waals surface area contributed by atoms with Gasteiger partial charge in [-0.25, -0.2) is 8.42 Å². The molecule has 2 saturated heterocycles. The SMILES string of the molecule is O=S(=O)(c1ccc(Cl)c(CCl)c1)N1CCN2CCCC2C1. The van der Waals surface area contributed by atoms with Crippen LogP contribution in [0.15, 0.2) is 23.1 Å². The molecule has 0 spiro atoms. The van der Waals surface area contributed by atoms with Gasteiger partial charge in [-0.2, -0.15) is 4.31 Å². The molecule has 1 unspecified atom stereocenters. The number of hydrogen-bond acceptors (Lipinski definition) is 3. The van der Waals surface area contributed by atoms with E-state index < -0.39 is 10.0 Å². The molecule has 1 aromatic rings. The molecule has 2 aliphatic rings. The van der Waals surface area contributed by atoms with Gasteiger partial charge < -0.3 is 0 Å². The fraction of sp³-hybridized carbons (Fsp3) is 0.571. The van der Waals surface area contributed by atoms with Crippen LogP contribution in [0.1, 0.15) is 18.4 Å². The zero-order chi connectivity index (χ0) is 15.0. The fourth-order valence-corrected chi connectivity index (χ4v) is 5.14. The molecule has 0 aliphatic carbocycles. The molecule has 2 fully saturated rings. The van der Waals surface area contributed by atoms with E-state index in [4.69, 9.17) is 23.2 Å². The molecular weight excluding hydrogens is 331 g/mol. The Bertz CT molecular complexity index is 636. The first-order chi connectivity index (χ1) is 10.0. The van der Waals surface area contributed by atoms with Gasteiger partial charge in [0, 0.05) is 36.6 Å². The van der Waals surface area contributed by atoms with Crippen LogP contribution in [0, 0.1) is 0 Å². The van der Waals surface area contributed by atoms with Crippen molar-refractivity contribution in [2.24, 2.45) is 0 Å². The second kappa shape index (κ2) is 6.05. The van der Waals surface area contributed by atoms with E-state index in [-0.39, 0.29) is 10.8 Å². The molecule has 21 heavy (non-hydrogen) atoms. The number of rotatable bonds is 3. The van der Waals surface area contributed by atoms with Crippen molar-refractivity contribution < 1.29 is 8.42 Å². The predicted molar refractivity (Wildman–Crippen MR) is 84.4 cm³/mol. The average Bonchev–Trinajstić information content (AvgIpc) is 2.94. The van der Waals surface area contributed by atoms with Crippen molar-refractivity contribution in [3.63, 3.8) is 0 Å². The summed E-state index contributed by atoms with van der Waals surface area (Å²) < 4.78 is 27.2. The highest BCUT2D eigenvalue weighted by Crippen LogP contribution is 2.28. The van der Waals surface area contributed by atoms with Crippen LogP contribution >= 0.6 is 23.2 Å². The molecule has 0 saturated carbocycles. The third-order valence-electron chi connectivity index (χ3n) is 4.35. The van der Waals surface area contributed by atoms with Crippen molar-refractivity contribution >= 4 is 33.2 Å². The molecule has 4 nitrogen and oxygen atoms in total. The lowest BCUT2D eigenvalue weighted by Crippen LogP contribution is -2.51. The lowest BCUT2D eigenvalue weighted by atomic mass is 10.2. The lowest BCUT2D eigenvalue weighted by Gasteiger charge is -2.36. The highest BCUT2D eigenvalue weighted by atomic mass is 35.5. The standard InChI is InChI=1S/C14H18Cl2N2O2S/c15-9-11-8-13(3-4-14(11)16)21(19,20)18-7-6-17-5-1-2-12(17)10-18/h3-4,8,12H,1-2,5-7,9-10H2. The Morgan fingerprint density at radius 1 is 1.24 bits per heavy atom. The molecule has 1 atom stereocenters. The zero-order valence-electron chi connectivity index (χ0n) is 11.6. The van der Waals surface area contributed by atoms with Gasteiger partial charge in [0.25, 0.3) is 0 Å². The summed E-state index contributed by atoms with van der Waals surface area (Å²) >= 11 is 11.8. The maximum Gasteiger partial charge on any atom is 0.243 e. The summed E-state index contributed by atoms with van der Waals surface area (Å²) in [5.41, 5.74) is 0.652. The number of hydrogen-bond donors (Lipinski definition) is 0. The van der Waals surface area contributed by atoms with Crippen molar-refractivity contribution in [2.75, 3.05) is 26.2 Å². The summed E-state index contributed by atoms with van der Waals surface area (Å²) in [5, 5.41) is 0.504. The van der Waals surface area contributed by atoms with Crippen LogP contribution < -0.4 is 0 Å². The molecule has 0 amide bonds. The van der Waals surface area contributed by atoms with Crippen LogP contribution in [0.2, 0.25) is 5.02 Å². The van der Waals surface area contributed by atoms with Crippen molar-refractivity contribution in [2.45, 2.75) is 29.7 Å². The van der Waals surface area contributed by atoms with Crippen molar-refractivity contribution in [1.82, 2.24) is 9.21 Å². The van der Waals surface area contributed by atoms with Crippen molar-refractivity contribution in [1.29, 1.82) is 0 Å². The second-order valence-corrected chi connectivity index (χ2v) is 8.19. The molecular formula is C14H18Cl2N2O2S. The third-order valence-corrected chi connectivity index (χ3v) is 6.87. The Labute approximate surface area is 135 Å². The molecule has 2 aliphatic heterocycles. The number of sulfonamides is 1. The largest absolute Gasteiger partial charge is 0.298 e. The Balaban J connectivity index is 1.86. The van der Waals surface area contributed by atoms with E-state index in [0.29, 0.717) is 29.7 Å². The van der Waals surface area contributed by atoms with E-state index in [0.717, 1.165) is 25.9 Å². The van der Waals surface area contributed by atoms with Gasteiger partial charge in [-0.1, -0.05) is 11.6 Å². The van der Waals surface area contributed by atoms with E-state index in [1.807, 2.05) is 0 Å². The van der Waals surface area contributed by atoms with Crippen molar-refractivity contribution in [3.05, 3.63) is 28.8 Å². The van der Waals surface area contributed by atoms with Gasteiger partial charge >= 0.3 is 0 Å². The van der Waals surface area contributed by atoms with Crippen LogP contribution in [0.4, 0.5) is 0 Å². The number of fused-ring (bicyclic) bond motifs is 1. The average molecular weight is 349 g/mol. The van der Waals surface area contributed by atoms with Crippen LogP contribution in [0.5, 0.6) is 0 Å². The highest BCUT2D eigenvalue weighted by molar-refractivity contribution is 7.89. The summed E-state index contributed by atoms with van der Waals surface area (Å²) in [4.78, 5) is 2.67. The van der Waals surface area contributed by atoms with Gasteiger partial charge in [-0.3, -0.25) is 4.90 Å². The van der Waals surface area contributed by atoms with Crippen LogP contribution in [-0.4, -0.2) is 49.8 Å². The van der Waals surface area contributed by atoms with E-state index >= 15 is 0 Å². The number of piperazine rings is 1. The van der Waals surface area contributed by atoms with Crippen LogP contribution in [0.25, 0.3) is 0 Å². The summed E-state index contributed by atoms with van der Waals surface area (Å²) in [5.74, 6) is 0.207. The van der Waals surface area contributed by atoms with E-state index in [1.165, 1.54) is 0 Å². The minimum atomic E-state index is -3.46. The number of nitrogens with zero attached hydrogens (tertiary/aromatic N) is 2. The number of alkyl halides is 1. The van der Waals surface area contributed by atoms with Crippen LogP contribution in [0.3, 0.4) is 0 Å². The number of benzene rings is 1. The van der Waals surface area contributed by atoms with Crippen molar-refractivity contribution in [3.8, 4) is 0 Å². The van der Waals surface area contributed by atoms with E-state index in [9.17, 15) is 8.42 Å². The monoisotopic (exact) mass is 348 g/mol. The number of halogens is 2. The normalized spacial score (nSPS) is 24.2. The molecule has 0 aromatic heterocycles. The topological polar surface area (TPSA) is 40.6 Å². The van der Waals surface area contributed by atoms with Gasteiger partial charge in [-0.05, 0) is 43.1 Å². The second-order valence-electron chi connectivity index (χ2n) is 5.58. The maximum absolute atomic E-state index is 12.8. The minimum absolute atomic E-state index is 0.207. The molecule has 1 aromatic carbocycles. The molecule has 2 heterocycles. The Kier molecular flexibility index (Phi) is 4.48. The molecule has 7 heteroatoms. The van der Waals surface area contributed by atoms with E-state index in [1.54, 1.807) is 22.5 Å². The van der Waals surface area contributed by atoms with Gasteiger partial charge in [0.2, 0.25) is 10.0 Å². The quantitative estimate of drug-likeness (QED) is 0.788. The smallest absolute Gasteiger partial charge is 0.243 e. The van der Waals surface area contributed by atoms with Gasteiger partial charge in [0.15, 0.2) is 0 Å². The Hall–Kier alpha value is -0.330. The highest BCUT2D eigenvalue weighted by Gasteiger charge is 2.36. The molecule has 0 radical (unpaired) electrons. The summed E-state index contributed by atoms with van der Waals surface area (Å²) in [6.45, 7) is 3.05. The van der Waals surface area contributed by atoms with E-state index in [2.05, 4.69) is 4.90 Å². The first-order valence-corrected chi connectivity index (χ1v) is 9.46. The van der Waals surface area contributed by atoms with Crippen LogP contribution in [-0.2, 0) is 15.9 Å². The first kappa shape index (κ1) is 15.6. The zero-order valence-corrected chi connectivity index (χ0v) is 14.0. The minimum Gasteiger partial charge on any atom is -0.298 e. The summed E-state index contributed by atoms with van der Waals surface area (Å²) in [6, 6.07) is 5.13. The first-order valence-electron chi connectivity index (χ1n) is 7.11. The predicted octanol–water partition coefficient (Wildman–Crippen LogP) is 2.55. The summed E-state index contributed by atoms with van der Waals surface area (Å²) in [7, 11) is -3.46. The Morgan fingerprint density at radius 2 is 2.05 bits per heavy atom. The summed E-state index contributed by atoms with van der Waals surface area (Å²) in [6.07, 6.45) is 2.25. The molecule has 0 bridgehead atoms. The van der Waals surface area contributed by atoms with Gasteiger partial charge in [0.05, 0.1) is 4.90 Å². The van der Waals surface area contributed by atoms with Gasteiger partial charge in [0.1, 0.15) is 0 Å². The Morgan fingerprint density at radius 3 is 2.81 bits per heavy atom. The van der Waals surface area contributed by atoms with Gasteiger partial charge in [-0.15, -0.1) is 11.6 Å². The lowest BCUT2D eigenvalue weighted by molar-refractivity contribution is 0.158. The maximum atomic E-state index is 12.8. The molecule has 0 N–H and O–H groups in total. The molecule has 3 rings (SSSR count). The fourth-order valence-electron chi connectivity index (χ4n) is 3.14. The third kappa shape index (κ3) is 2.94.